The molecule has 1 amide bonds. The maximum Gasteiger partial charge on any atom is 0.223 e. The molecule has 0 aromatic heterocycles. The summed E-state index contributed by atoms with van der Waals surface area (Å²) in [5, 5.41) is 21.0. The van der Waals surface area contributed by atoms with Gasteiger partial charge in [-0.15, -0.1) is 11.8 Å². The molecule has 2 saturated carbocycles. The molecular weight excluding hydrogens is 398 g/mol. The number of unbranched alkanes of at least 4 members (excludes halogenated alkanes) is 1. The summed E-state index contributed by atoms with van der Waals surface area (Å²) in [5.41, 5.74) is 1.48. The number of allylic oxidation sites excluding steroid dienone is 2. The molecule has 0 bridgehead atoms. The van der Waals surface area contributed by atoms with Crippen LogP contribution < -0.4 is 0 Å². The number of hydrogen-bond donors (Lipinski definition) is 2. The van der Waals surface area contributed by atoms with Gasteiger partial charge in [-0.05, 0) is 84.5 Å². The monoisotopic (exact) mass is 443 g/mol. The predicted molar refractivity (Wildman–Crippen MR) is 132 cm³/mol. The van der Waals surface area contributed by atoms with Gasteiger partial charge in [0.25, 0.3) is 0 Å². The second-order valence-electron chi connectivity index (χ2n) is 10.4. The van der Waals surface area contributed by atoms with Crippen molar-refractivity contribution >= 4 is 5.91 Å². The second kappa shape index (κ2) is 12.6. The summed E-state index contributed by atoms with van der Waals surface area (Å²) in [7, 11) is 0. The van der Waals surface area contributed by atoms with E-state index in [4.69, 9.17) is 0 Å². The van der Waals surface area contributed by atoms with Crippen LogP contribution in [0.4, 0.5) is 0 Å². The van der Waals surface area contributed by atoms with Crippen molar-refractivity contribution in [2.75, 3.05) is 0 Å². The van der Waals surface area contributed by atoms with Gasteiger partial charge in [-0.2, -0.15) is 0 Å². The zero-order valence-electron chi connectivity index (χ0n) is 21.1. The van der Waals surface area contributed by atoms with E-state index >= 15 is 0 Å². The molecule has 4 heteroatoms. The fraction of sp³-hybridized carbons (Fsp3) is 0.750. The van der Waals surface area contributed by atoms with E-state index in [9.17, 15) is 15.0 Å². The molecule has 0 heterocycles. The first-order chi connectivity index (χ1) is 15.1. The Morgan fingerprint density at radius 2 is 1.88 bits per heavy atom. The van der Waals surface area contributed by atoms with Gasteiger partial charge in [-0.3, -0.25) is 4.79 Å². The third kappa shape index (κ3) is 7.22. The number of amides is 1. The minimum Gasteiger partial charge on any atom is -0.392 e. The lowest BCUT2D eigenvalue weighted by Gasteiger charge is -2.30. The Bertz CT molecular complexity index is 719. The van der Waals surface area contributed by atoms with Crippen molar-refractivity contribution in [3.8, 4) is 11.8 Å². The van der Waals surface area contributed by atoms with Gasteiger partial charge in [0.15, 0.2) is 0 Å². The molecule has 32 heavy (non-hydrogen) atoms. The van der Waals surface area contributed by atoms with Crippen molar-refractivity contribution in [2.24, 2.45) is 23.7 Å². The molecule has 2 N–H and O–H groups in total. The quantitative estimate of drug-likeness (QED) is 0.280. The molecule has 0 radical (unpaired) electrons. The highest BCUT2D eigenvalue weighted by molar-refractivity contribution is 5.76. The summed E-state index contributed by atoms with van der Waals surface area (Å²) in [6.45, 7) is 12.1. The Morgan fingerprint density at radius 3 is 2.50 bits per heavy atom. The van der Waals surface area contributed by atoms with E-state index in [0.29, 0.717) is 24.7 Å². The van der Waals surface area contributed by atoms with E-state index in [0.717, 1.165) is 32.1 Å². The van der Waals surface area contributed by atoms with Crippen LogP contribution in [0.5, 0.6) is 0 Å². The summed E-state index contributed by atoms with van der Waals surface area (Å²) in [6.07, 6.45) is 11.5. The van der Waals surface area contributed by atoms with Crippen LogP contribution in [0.1, 0.15) is 86.5 Å². The molecule has 2 fully saturated rings. The van der Waals surface area contributed by atoms with Crippen molar-refractivity contribution in [1.82, 2.24) is 4.90 Å². The molecule has 4 nitrogen and oxygen atoms in total. The lowest BCUT2D eigenvalue weighted by molar-refractivity contribution is -0.134. The molecule has 180 valence electrons. The smallest absolute Gasteiger partial charge is 0.223 e. The van der Waals surface area contributed by atoms with Crippen LogP contribution in [0.2, 0.25) is 0 Å². The van der Waals surface area contributed by atoms with E-state index < -0.39 is 6.10 Å². The van der Waals surface area contributed by atoms with Crippen LogP contribution in [-0.2, 0) is 4.79 Å². The van der Waals surface area contributed by atoms with Crippen LogP contribution in [0, 0.1) is 35.5 Å². The number of carbonyl (C=O) groups is 1. The van der Waals surface area contributed by atoms with Gasteiger partial charge in [0.2, 0.25) is 5.91 Å². The average molecular weight is 444 g/mol. The van der Waals surface area contributed by atoms with Gasteiger partial charge >= 0.3 is 0 Å². The van der Waals surface area contributed by atoms with Crippen molar-refractivity contribution in [3.05, 3.63) is 23.8 Å². The van der Waals surface area contributed by atoms with E-state index in [2.05, 4.69) is 51.7 Å². The number of aliphatic hydroxyl groups is 2. The zero-order chi connectivity index (χ0) is 23.8. The number of rotatable bonds is 10. The zero-order valence-corrected chi connectivity index (χ0v) is 21.1. The van der Waals surface area contributed by atoms with E-state index in [1.807, 2.05) is 24.8 Å². The Hall–Kier alpha value is -1.57. The first-order valence-electron chi connectivity index (χ1n) is 12.6. The van der Waals surface area contributed by atoms with Gasteiger partial charge in [0, 0.05) is 30.8 Å². The van der Waals surface area contributed by atoms with Crippen LogP contribution >= 0.6 is 0 Å². The van der Waals surface area contributed by atoms with Crippen molar-refractivity contribution in [3.63, 3.8) is 0 Å². The topological polar surface area (TPSA) is 60.8 Å². The first kappa shape index (κ1) is 26.7. The third-order valence-electron chi connectivity index (χ3n) is 7.25. The summed E-state index contributed by atoms with van der Waals surface area (Å²) < 4.78 is 0. The lowest BCUT2D eigenvalue weighted by atomic mass is 9.89. The van der Waals surface area contributed by atoms with E-state index in [1.165, 1.54) is 5.57 Å². The largest absolute Gasteiger partial charge is 0.392 e. The van der Waals surface area contributed by atoms with Gasteiger partial charge in [-0.1, -0.05) is 30.7 Å². The highest BCUT2D eigenvalue weighted by Gasteiger charge is 2.45. The highest BCUT2D eigenvalue weighted by Crippen LogP contribution is 2.50. The molecule has 2 rings (SSSR count). The molecule has 0 aromatic carbocycles. The Labute approximate surface area is 196 Å². The highest BCUT2D eigenvalue weighted by atomic mass is 16.3. The van der Waals surface area contributed by atoms with Gasteiger partial charge < -0.3 is 15.1 Å². The fourth-order valence-electron chi connectivity index (χ4n) is 5.62. The second-order valence-corrected chi connectivity index (χ2v) is 10.4. The normalized spacial score (nSPS) is 28.2. The molecule has 6 atom stereocenters. The van der Waals surface area contributed by atoms with Gasteiger partial charge in [0.05, 0.1) is 12.2 Å². The van der Waals surface area contributed by atoms with Crippen molar-refractivity contribution in [2.45, 2.75) is 111 Å². The van der Waals surface area contributed by atoms with E-state index in [1.54, 1.807) is 0 Å². The molecule has 0 saturated heterocycles. The SMILES string of the molecule is CC#CC[C@H](C)[C@H](O)C=C[C@@H]1[C@H]2CC(=CCCCC(=O)N(C(C)C)C(C)C)C[C@H]2C[C@H]1O. The molecule has 0 aliphatic heterocycles. The number of carbonyl (C=O) groups excluding carboxylic acids is 1. The number of nitrogens with zero attached hydrogens (tertiary/aromatic N) is 1. The molecule has 2 aliphatic rings. The molecule has 0 aromatic rings. The minimum atomic E-state index is -0.521. The minimum absolute atomic E-state index is 0.0945. The summed E-state index contributed by atoms with van der Waals surface area (Å²) in [4.78, 5) is 14.5. The average Bonchev–Trinajstić information content (AvgIpc) is 3.23. The van der Waals surface area contributed by atoms with Crippen LogP contribution in [-0.4, -0.2) is 45.3 Å². The number of fused-ring (bicyclic) bond motifs is 1. The lowest BCUT2D eigenvalue weighted by Crippen LogP contribution is -2.41. The number of aliphatic hydroxyl groups excluding tert-OH is 2. The van der Waals surface area contributed by atoms with Crippen LogP contribution in [0.15, 0.2) is 23.8 Å². The molecule has 0 unspecified atom stereocenters. The Morgan fingerprint density at radius 1 is 1.19 bits per heavy atom. The first-order valence-corrected chi connectivity index (χ1v) is 12.6. The van der Waals surface area contributed by atoms with Gasteiger partial charge in [-0.25, -0.2) is 0 Å². The Kier molecular flexibility index (Phi) is 10.5. The number of hydrogen-bond acceptors (Lipinski definition) is 3. The maximum atomic E-state index is 12.5. The summed E-state index contributed by atoms with van der Waals surface area (Å²) >= 11 is 0. The van der Waals surface area contributed by atoms with Crippen LogP contribution in [0.3, 0.4) is 0 Å². The maximum absolute atomic E-state index is 12.5. The van der Waals surface area contributed by atoms with E-state index in [-0.39, 0.29) is 35.9 Å². The molecule has 0 spiro atoms. The van der Waals surface area contributed by atoms with Crippen molar-refractivity contribution in [1.29, 1.82) is 0 Å². The standard InChI is InChI=1S/C28H45NO3/c1-7-8-11-21(6)26(30)15-14-24-25-17-22(16-23(25)18-27(24)31)12-9-10-13-28(32)29(19(2)3)20(4)5/h12,14-15,19-21,23-27,30-31H,9-11,13,16-18H2,1-6H3/t21-,23-,24+,25-,26+,27+/m0/s1. The molecule has 2 aliphatic carbocycles. The fourth-order valence-corrected chi connectivity index (χ4v) is 5.62. The van der Waals surface area contributed by atoms with Crippen LogP contribution in [0.25, 0.3) is 0 Å². The molecular formula is C28H45NO3. The van der Waals surface area contributed by atoms with Crippen molar-refractivity contribution < 1.29 is 15.0 Å². The predicted octanol–water partition coefficient (Wildman–Crippen LogP) is 5.10. The summed E-state index contributed by atoms with van der Waals surface area (Å²) in [6, 6.07) is 0.486. The third-order valence-corrected chi connectivity index (χ3v) is 7.25. The summed E-state index contributed by atoms with van der Waals surface area (Å²) in [5.74, 6) is 7.38. The Balaban J connectivity index is 1.85. The van der Waals surface area contributed by atoms with Gasteiger partial charge in [0.1, 0.15) is 0 Å².